The molecule has 5 heterocycles. The summed E-state index contributed by atoms with van der Waals surface area (Å²) in [6, 6.07) is 7.20. The molecule has 12 heteroatoms. The van der Waals surface area contributed by atoms with Crippen molar-refractivity contribution in [2.75, 3.05) is 37.7 Å². The van der Waals surface area contributed by atoms with Crippen molar-refractivity contribution in [3.8, 4) is 17.7 Å². The van der Waals surface area contributed by atoms with Gasteiger partial charge in [-0.05, 0) is 25.1 Å². The molecule has 0 aromatic carbocycles. The van der Waals surface area contributed by atoms with Crippen LogP contribution in [0.2, 0.25) is 0 Å². The van der Waals surface area contributed by atoms with Gasteiger partial charge in [0, 0.05) is 38.6 Å². The largest absolute Gasteiger partial charge is 0.459 e. The van der Waals surface area contributed by atoms with E-state index in [2.05, 4.69) is 10.1 Å². The fourth-order valence-electron chi connectivity index (χ4n) is 3.86. The molecule has 4 aromatic rings. The molecule has 5 rings (SSSR count). The molecule has 1 fully saturated rings. The van der Waals surface area contributed by atoms with E-state index < -0.39 is 5.97 Å². The second kappa shape index (κ2) is 8.68. The molecule has 1 aliphatic heterocycles. The molecule has 0 unspecified atom stereocenters. The number of piperazine rings is 1. The predicted molar refractivity (Wildman–Crippen MR) is 121 cm³/mol. The average molecular weight is 481 g/mol. The van der Waals surface area contributed by atoms with Gasteiger partial charge in [0.25, 0.3) is 11.8 Å². The van der Waals surface area contributed by atoms with E-state index >= 15 is 0 Å². The van der Waals surface area contributed by atoms with Crippen molar-refractivity contribution in [3.63, 3.8) is 0 Å². The van der Waals surface area contributed by atoms with Crippen LogP contribution in [0.15, 0.2) is 33.3 Å². The van der Waals surface area contributed by atoms with Crippen LogP contribution in [0, 0.1) is 18.3 Å². The number of rotatable bonds is 5. The van der Waals surface area contributed by atoms with E-state index in [4.69, 9.17) is 13.6 Å². The summed E-state index contributed by atoms with van der Waals surface area (Å²) in [5.41, 5.74) is 0.998. The Bertz CT molecular complexity index is 1370. The van der Waals surface area contributed by atoms with Crippen LogP contribution < -0.4 is 4.90 Å². The molecule has 0 saturated carbocycles. The van der Waals surface area contributed by atoms with Crippen LogP contribution in [0.4, 0.5) is 5.88 Å². The first-order valence-corrected chi connectivity index (χ1v) is 11.3. The number of ether oxygens (including phenoxy) is 1. The van der Waals surface area contributed by atoms with Gasteiger partial charge in [-0.15, -0.1) is 11.3 Å². The molecular formula is C22H20N6O5S. The lowest BCUT2D eigenvalue weighted by Crippen LogP contribution is -2.50. The van der Waals surface area contributed by atoms with E-state index in [1.54, 1.807) is 27.8 Å². The van der Waals surface area contributed by atoms with E-state index in [9.17, 15) is 14.9 Å². The van der Waals surface area contributed by atoms with Gasteiger partial charge in [0.2, 0.25) is 11.6 Å². The van der Waals surface area contributed by atoms with Crippen molar-refractivity contribution >= 4 is 39.3 Å². The minimum absolute atomic E-state index is 0.161. The highest BCUT2D eigenvalue weighted by Crippen LogP contribution is 2.30. The first-order chi connectivity index (χ1) is 16.4. The number of furan rings is 1. The number of esters is 1. The van der Waals surface area contributed by atoms with Crippen molar-refractivity contribution in [2.24, 2.45) is 7.05 Å². The maximum Gasteiger partial charge on any atom is 0.348 e. The molecule has 0 bridgehead atoms. The van der Waals surface area contributed by atoms with E-state index in [1.165, 1.54) is 17.6 Å². The number of nitriles is 1. The van der Waals surface area contributed by atoms with Gasteiger partial charge < -0.3 is 23.4 Å². The summed E-state index contributed by atoms with van der Waals surface area (Å²) in [6.07, 6.45) is 1.50. The normalized spacial score (nSPS) is 13.9. The van der Waals surface area contributed by atoms with Crippen LogP contribution in [0.1, 0.15) is 21.1 Å². The van der Waals surface area contributed by atoms with Crippen LogP contribution in [-0.4, -0.2) is 64.3 Å². The lowest BCUT2D eigenvalue weighted by atomic mass is 10.3. The Hall–Kier alpha value is -4.11. The minimum Gasteiger partial charge on any atom is -0.459 e. The third kappa shape index (κ3) is 3.90. The number of fused-ring (bicyclic) bond motifs is 1. The zero-order valence-electron chi connectivity index (χ0n) is 18.5. The Kier molecular flexibility index (Phi) is 5.54. The quantitative estimate of drug-likeness (QED) is 0.395. The number of oxazole rings is 1. The molecule has 0 radical (unpaired) electrons. The Labute approximate surface area is 197 Å². The molecule has 0 atom stereocenters. The Morgan fingerprint density at radius 2 is 2.09 bits per heavy atom. The summed E-state index contributed by atoms with van der Waals surface area (Å²) in [7, 11) is 1.82. The smallest absolute Gasteiger partial charge is 0.348 e. The lowest BCUT2D eigenvalue weighted by Gasteiger charge is -2.34. The summed E-state index contributed by atoms with van der Waals surface area (Å²) in [4.78, 5) is 34.1. The molecular weight excluding hydrogens is 460 g/mol. The fourth-order valence-corrected chi connectivity index (χ4v) is 4.88. The maximum absolute atomic E-state index is 12.6. The van der Waals surface area contributed by atoms with Crippen molar-refractivity contribution < 1.29 is 23.2 Å². The van der Waals surface area contributed by atoms with E-state index in [0.29, 0.717) is 42.7 Å². The molecule has 1 saturated heterocycles. The number of aromatic nitrogens is 3. The molecule has 34 heavy (non-hydrogen) atoms. The van der Waals surface area contributed by atoms with Crippen LogP contribution in [0.5, 0.6) is 0 Å². The van der Waals surface area contributed by atoms with Crippen molar-refractivity contribution in [3.05, 3.63) is 40.7 Å². The lowest BCUT2D eigenvalue weighted by molar-refractivity contribution is -0.134. The number of thiophene rings is 1. The van der Waals surface area contributed by atoms with Crippen LogP contribution in [0.25, 0.3) is 21.9 Å². The van der Waals surface area contributed by atoms with Crippen molar-refractivity contribution in [1.29, 1.82) is 5.26 Å². The van der Waals surface area contributed by atoms with E-state index in [0.717, 1.165) is 15.9 Å². The minimum atomic E-state index is -0.529. The first kappa shape index (κ1) is 21.7. The van der Waals surface area contributed by atoms with Gasteiger partial charge in [0.15, 0.2) is 12.4 Å². The number of amides is 1. The van der Waals surface area contributed by atoms with Gasteiger partial charge in [-0.1, -0.05) is 0 Å². The second-order valence-corrected chi connectivity index (χ2v) is 8.77. The van der Waals surface area contributed by atoms with Gasteiger partial charge in [0.05, 0.1) is 12.0 Å². The van der Waals surface area contributed by atoms with Gasteiger partial charge >= 0.3 is 5.97 Å². The van der Waals surface area contributed by atoms with Gasteiger partial charge in [-0.3, -0.25) is 9.48 Å². The number of anilines is 1. The molecule has 4 aromatic heterocycles. The summed E-state index contributed by atoms with van der Waals surface area (Å²) in [5.74, 6) is 0.208. The van der Waals surface area contributed by atoms with Crippen molar-refractivity contribution in [2.45, 2.75) is 6.92 Å². The third-order valence-electron chi connectivity index (χ3n) is 5.59. The number of hydrogen-bond donors (Lipinski definition) is 0. The first-order valence-electron chi connectivity index (χ1n) is 10.5. The summed E-state index contributed by atoms with van der Waals surface area (Å²) in [5, 5.41) is 14.7. The van der Waals surface area contributed by atoms with Gasteiger partial charge in [0.1, 0.15) is 15.8 Å². The topological polar surface area (TPSA) is 131 Å². The molecule has 0 spiro atoms. The third-order valence-corrected chi connectivity index (χ3v) is 6.77. The standard InChI is InChI=1S/C22H20N6O5S/c1-13-14-10-17(34-21(14)26(2)25-13)22(30)32-12-18(29)27-5-7-28(8-6-27)20-15(11-23)24-19(33-20)16-4-3-9-31-16/h3-4,9-10H,5-8,12H2,1-2H3. The zero-order chi connectivity index (χ0) is 23.8. The van der Waals surface area contributed by atoms with E-state index in [1.807, 2.05) is 24.9 Å². The Morgan fingerprint density at radius 1 is 1.29 bits per heavy atom. The highest BCUT2D eigenvalue weighted by Gasteiger charge is 2.28. The Balaban J connectivity index is 1.17. The van der Waals surface area contributed by atoms with Crippen LogP contribution in [-0.2, 0) is 16.6 Å². The highest BCUT2D eigenvalue weighted by atomic mass is 32.1. The second-order valence-electron chi connectivity index (χ2n) is 7.74. The molecule has 0 aliphatic carbocycles. The number of nitrogens with zero attached hydrogens (tertiary/aromatic N) is 6. The number of carbonyl (C=O) groups is 2. The van der Waals surface area contributed by atoms with E-state index in [-0.39, 0.29) is 24.1 Å². The number of aryl methyl sites for hydroxylation is 2. The van der Waals surface area contributed by atoms with Crippen LogP contribution >= 0.6 is 11.3 Å². The highest BCUT2D eigenvalue weighted by molar-refractivity contribution is 7.20. The SMILES string of the molecule is Cc1nn(C)c2sc(C(=O)OCC(=O)N3CCN(c4oc(-c5ccco5)nc4C#N)CC3)cc12. The number of hydrogen-bond acceptors (Lipinski definition) is 10. The molecule has 1 aliphatic rings. The Morgan fingerprint density at radius 3 is 2.76 bits per heavy atom. The summed E-state index contributed by atoms with van der Waals surface area (Å²) in [6.45, 7) is 3.23. The van der Waals surface area contributed by atoms with Gasteiger partial charge in [-0.25, -0.2) is 4.79 Å². The average Bonchev–Trinajstić information content (AvgIpc) is 3.63. The molecule has 1 amide bonds. The van der Waals surface area contributed by atoms with Crippen molar-refractivity contribution in [1.82, 2.24) is 19.7 Å². The molecule has 11 nitrogen and oxygen atoms in total. The predicted octanol–water partition coefficient (Wildman–Crippen LogP) is 2.57. The summed E-state index contributed by atoms with van der Waals surface area (Å²) >= 11 is 1.29. The van der Waals surface area contributed by atoms with Gasteiger partial charge in [-0.2, -0.15) is 15.3 Å². The zero-order valence-corrected chi connectivity index (χ0v) is 19.3. The molecule has 174 valence electrons. The maximum atomic E-state index is 12.6. The fraction of sp³-hybridized carbons (Fsp3) is 0.318. The number of carbonyl (C=O) groups excluding carboxylic acids is 2. The summed E-state index contributed by atoms with van der Waals surface area (Å²) < 4.78 is 18.0. The monoisotopic (exact) mass is 480 g/mol. The van der Waals surface area contributed by atoms with Crippen LogP contribution in [0.3, 0.4) is 0 Å². The molecule has 0 N–H and O–H groups in total.